The van der Waals surface area contributed by atoms with Crippen LogP contribution in [0.3, 0.4) is 0 Å². The number of hydrogen-bond donors (Lipinski definition) is 2. The van der Waals surface area contributed by atoms with Crippen LogP contribution in [0.5, 0.6) is 0 Å². The highest BCUT2D eigenvalue weighted by Crippen LogP contribution is 2.10. The number of guanidine groups is 1. The molecule has 3 nitrogen and oxygen atoms in total. The molecule has 0 aliphatic heterocycles. The Bertz CT molecular complexity index is 637. The summed E-state index contributed by atoms with van der Waals surface area (Å²) in [5.74, 6) is -0.785. The number of halogens is 3. The standard InChI is InChI=1S/C17H19F2N3.HI/c1-12-4-6-16(7-5-12)22-17(20)21-8-2-3-13-9-14(18)11-15(19)10-13;/h4-7,9-11H,2-3,8H2,1H3,(H3,20,21,22);1H. The molecule has 2 aromatic carbocycles. The molecule has 0 spiro atoms. The first kappa shape index (κ1) is 19.3. The molecular weight excluding hydrogens is 411 g/mol. The summed E-state index contributed by atoms with van der Waals surface area (Å²) < 4.78 is 26.1. The van der Waals surface area contributed by atoms with Crippen LogP contribution in [0, 0.1) is 18.6 Å². The molecule has 0 radical (unpaired) electrons. The second-order valence-electron chi connectivity index (χ2n) is 5.14. The summed E-state index contributed by atoms with van der Waals surface area (Å²) in [6, 6.07) is 11.3. The van der Waals surface area contributed by atoms with Crippen LogP contribution < -0.4 is 11.1 Å². The van der Waals surface area contributed by atoms with Crippen molar-refractivity contribution >= 4 is 35.6 Å². The van der Waals surface area contributed by atoms with E-state index in [0.29, 0.717) is 30.9 Å². The first-order valence-corrected chi connectivity index (χ1v) is 7.11. The number of aliphatic imine (C=N–C) groups is 1. The minimum atomic E-state index is -0.556. The molecule has 0 bridgehead atoms. The van der Waals surface area contributed by atoms with Gasteiger partial charge in [0.25, 0.3) is 0 Å². The summed E-state index contributed by atoms with van der Waals surface area (Å²) in [6.07, 6.45) is 1.22. The van der Waals surface area contributed by atoms with Crippen molar-refractivity contribution in [2.24, 2.45) is 10.7 Å². The van der Waals surface area contributed by atoms with Crippen LogP contribution in [0.15, 0.2) is 47.5 Å². The number of nitrogens with zero attached hydrogens (tertiary/aromatic N) is 1. The number of nitrogens with one attached hydrogen (secondary N) is 1. The van der Waals surface area contributed by atoms with Crippen LogP contribution in [-0.2, 0) is 6.42 Å². The van der Waals surface area contributed by atoms with Crippen LogP contribution in [0.4, 0.5) is 14.5 Å². The van der Waals surface area contributed by atoms with E-state index in [2.05, 4.69) is 10.3 Å². The van der Waals surface area contributed by atoms with E-state index in [-0.39, 0.29) is 24.0 Å². The minimum absolute atomic E-state index is 0. The van der Waals surface area contributed by atoms with Crippen LogP contribution in [-0.4, -0.2) is 12.5 Å². The van der Waals surface area contributed by atoms with Crippen molar-refractivity contribution in [2.75, 3.05) is 11.9 Å². The van der Waals surface area contributed by atoms with Crippen molar-refractivity contribution in [3.05, 3.63) is 65.2 Å². The predicted molar refractivity (Wildman–Crippen MR) is 101 cm³/mol. The Labute approximate surface area is 152 Å². The minimum Gasteiger partial charge on any atom is -0.370 e. The summed E-state index contributed by atoms with van der Waals surface area (Å²) in [7, 11) is 0. The molecule has 2 aromatic rings. The lowest BCUT2D eigenvalue weighted by Crippen LogP contribution is -2.22. The van der Waals surface area contributed by atoms with Gasteiger partial charge in [0.05, 0.1) is 0 Å². The molecule has 23 heavy (non-hydrogen) atoms. The smallest absolute Gasteiger partial charge is 0.193 e. The van der Waals surface area contributed by atoms with E-state index in [0.717, 1.165) is 11.8 Å². The lowest BCUT2D eigenvalue weighted by Gasteiger charge is -2.06. The number of rotatable bonds is 5. The SMILES string of the molecule is Cc1ccc(NC(N)=NCCCc2cc(F)cc(F)c2)cc1.I. The van der Waals surface area contributed by atoms with Crippen LogP contribution in [0.25, 0.3) is 0 Å². The van der Waals surface area contributed by atoms with E-state index in [1.165, 1.54) is 17.7 Å². The molecule has 0 atom stereocenters. The lowest BCUT2D eigenvalue weighted by atomic mass is 10.1. The molecule has 0 fully saturated rings. The topological polar surface area (TPSA) is 50.4 Å². The summed E-state index contributed by atoms with van der Waals surface area (Å²) in [5, 5.41) is 2.99. The number of nitrogens with two attached hydrogens (primary N) is 1. The summed E-state index contributed by atoms with van der Waals surface area (Å²) in [6.45, 7) is 2.50. The van der Waals surface area contributed by atoms with E-state index < -0.39 is 11.6 Å². The summed E-state index contributed by atoms with van der Waals surface area (Å²) in [4.78, 5) is 4.20. The van der Waals surface area contributed by atoms with E-state index >= 15 is 0 Å². The molecule has 3 N–H and O–H groups in total. The van der Waals surface area contributed by atoms with Gasteiger partial charge in [-0.3, -0.25) is 4.99 Å². The van der Waals surface area contributed by atoms with Crippen LogP contribution in [0.1, 0.15) is 17.5 Å². The maximum absolute atomic E-state index is 13.0. The second-order valence-corrected chi connectivity index (χ2v) is 5.14. The van der Waals surface area contributed by atoms with Crippen molar-refractivity contribution in [3.8, 4) is 0 Å². The quantitative estimate of drug-likeness (QED) is 0.322. The van der Waals surface area contributed by atoms with Gasteiger partial charge in [-0.2, -0.15) is 0 Å². The predicted octanol–water partition coefficient (Wildman–Crippen LogP) is 4.25. The van der Waals surface area contributed by atoms with Gasteiger partial charge in [-0.15, -0.1) is 24.0 Å². The first-order valence-electron chi connectivity index (χ1n) is 7.11. The van der Waals surface area contributed by atoms with E-state index in [9.17, 15) is 8.78 Å². The maximum atomic E-state index is 13.0. The Balaban J connectivity index is 0.00000264. The van der Waals surface area contributed by atoms with Gasteiger partial charge in [-0.1, -0.05) is 17.7 Å². The molecule has 0 aliphatic carbocycles. The zero-order valence-electron chi connectivity index (χ0n) is 12.9. The molecule has 6 heteroatoms. The number of hydrogen-bond acceptors (Lipinski definition) is 1. The molecule has 0 saturated heterocycles. The number of anilines is 1. The monoisotopic (exact) mass is 431 g/mol. The van der Waals surface area contributed by atoms with Gasteiger partial charge >= 0.3 is 0 Å². The molecule has 0 aliphatic rings. The molecular formula is C17H20F2IN3. The maximum Gasteiger partial charge on any atom is 0.193 e. The van der Waals surface area contributed by atoms with Crippen molar-refractivity contribution in [1.29, 1.82) is 0 Å². The average molecular weight is 431 g/mol. The molecule has 0 aromatic heterocycles. The third-order valence-corrected chi connectivity index (χ3v) is 3.15. The van der Waals surface area contributed by atoms with Crippen molar-refractivity contribution in [2.45, 2.75) is 19.8 Å². The van der Waals surface area contributed by atoms with Gasteiger partial charge in [0.2, 0.25) is 0 Å². The third-order valence-electron chi connectivity index (χ3n) is 3.15. The van der Waals surface area contributed by atoms with Gasteiger partial charge < -0.3 is 11.1 Å². The molecule has 0 amide bonds. The Morgan fingerprint density at radius 1 is 1.09 bits per heavy atom. The van der Waals surface area contributed by atoms with Gasteiger partial charge in [-0.05, 0) is 49.6 Å². The van der Waals surface area contributed by atoms with Gasteiger partial charge in [0.15, 0.2) is 5.96 Å². The van der Waals surface area contributed by atoms with Crippen molar-refractivity contribution in [3.63, 3.8) is 0 Å². The fourth-order valence-electron chi connectivity index (χ4n) is 2.06. The number of aryl methyl sites for hydroxylation is 2. The largest absolute Gasteiger partial charge is 0.370 e. The van der Waals surface area contributed by atoms with E-state index in [4.69, 9.17) is 5.73 Å². The highest BCUT2D eigenvalue weighted by molar-refractivity contribution is 14.0. The second kappa shape index (κ2) is 9.44. The number of benzene rings is 2. The zero-order chi connectivity index (χ0) is 15.9. The molecule has 0 unspecified atom stereocenters. The third kappa shape index (κ3) is 6.94. The van der Waals surface area contributed by atoms with Crippen LogP contribution >= 0.6 is 24.0 Å². The van der Waals surface area contributed by atoms with E-state index in [1.807, 2.05) is 31.2 Å². The normalized spacial score (nSPS) is 11.0. The highest BCUT2D eigenvalue weighted by atomic mass is 127. The molecule has 2 rings (SSSR count). The zero-order valence-corrected chi connectivity index (χ0v) is 15.2. The molecule has 0 saturated carbocycles. The molecule has 0 heterocycles. The van der Waals surface area contributed by atoms with Gasteiger partial charge in [0, 0.05) is 18.3 Å². The van der Waals surface area contributed by atoms with Gasteiger partial charge in [-0.25, -0.2) is 8.78 Å². The van der Waals surface area contributed by atoms with Gasteiger partial charge in [0.1, 0.15) is 11.6 Å². The Morgan fingerprint density at radius 2 is 1.70 bits per heavy atom. The fourth-order valence-corrected chi connectivity index (χ4v) is 2.06. The Morgan fingerprint density at radius 3 is 2.30 bits per heavy atom. The highest BCUT2D eigenvalue weighted by Gasteiger charge is 2.00. The van der Waals surface area contributed by atoms with Crippen LogP contribution in [0.2, 0.25) is 0 Å². The molecule has 124 valence electrons. The first-order chi connectivity index (χ1) is 10.5. The fraction of sp³-hybridized carbons (Fsp3) is 0.235. The van der Waals surface area contributed by atoms with E-state index in [1.54, 1.807) is 0 Å². The lowest BCUT2D eigenvalue weighted by molar-refractivity contribution is 0.579. The van der Waals surface area contributed by atoms with Crippen molar-refractivity contribution < 1.29 is 8.78 Å². The van der Waals surface area contributed by atoms with Crippen molar-refractivity contribution in [1.82, 2.24) is 0 Å². The summed E-state index contributed by atoms with van der Waals surface area (Å²) in [5.41, 5.74) is 8.46. The Kier molecular flexibility index (Phi) is 7.94. The summed E-state index contributed by atoms with van der Waals surface area (Å²) >= 11 is 0. The Hall–Kier alpha value is -1.70. The average Bonchev–Trinajstić information content (AvgIpc) is 2.45.